The summed E-state index contributed by atoms with van der Waals surface area (Å²) >= 11 is 7.16. The number of carbonyl (C=O) groups excluding carboxylic acids is 4. The third-order valence-corrected chi connectivity index (χ3v) is 22.7. The van der Waals surface area contributed by atoms with E-state index in [0.29, 0.717) is 76.0 Å². The van der Waals surface area contributed by atoms with Crippen LogP contribution in [0.1, 0.15) is 119 Å². The van der Waals surface area contributed by atoms with Crippen molar-refractivity contribution in [3.63, 3.8) is 0 Å². The van der Waals surface area contributed by atoms with Gasteiger partial charge in [-0.3, -0.25) is 14.8 Å². The van der Waals surface area contributed by atoms with Crippen LogP contribution in [0, 0.1) is 0 Å². The SMILES string of the molecule is COC(=O)[C@@H]1CSC(c2csc(-c3csc(C(CO[Si](C(C)C)(C(C)C)C(C)C)NC(=O)[C@@H]4CSC(c5csc(-c6ccc(C(=O)OCc7ccccc7)c([C@@H](C)NC(=O)OC(C)(C)C)n6)n5)=N4)n3)n2)=N1. The summed E-state index contributed by atoms with van der Waals surface area (Å²) in [7, 11) is -0.988. The van der Waals surface area contributed by atoms with Crippen molar-refractivity contribution in [2.75, 3.05) is 25.2 Å². The number of ether oxygens (including phenoxy) is 3. The van der Waals surface area contributed by atoms with Crippen molar-refractivity contribution in [3.8, 4) is 21.4 Å². The van der Waals surface area contributed by atoms with E-state index in [9.17, 15) is 19.2 Å². The number of aliphatic imine (C=N–C) groups is 2. The van der Waals surface area contributed by atoms with Crippen molar-refractivity contribution in [1.29, 1.82) is 0 Å². The van der Waals surface area contributed by atoms with E-state index in [1.807, 2.05) is 46.5 Å². The highest BCUT2D eigenvalue weighted by Gasteiger charge is 2.46. The van der Waals surface area contributed by atoms with Crippen molar-refractivity contribution in [2.45, 2.75) is 122 Å². The first kappa shape index (κ1) is 53.9. The molecule has 2 aliphatic rings. The number of thiazole rings is 3. The lowest BCUT2D eigenvalue weighted by Gasteiger charge is -2.43. The predicted octanol–water partition coefficient (Wildman–Crippen LogP) is 10.7. The summed E-state index contributed by atoms with van der Waals surface area (Å²) in [5, 5.41) is 15.1. The van der Waals surface area contributed by atoms with Crippen LogP contribution in [0.3, 0.4) is 0 Å². The zero-order valence-electron chi connectivity index (χ0n) is 41.6. The molecule has 0 saturated carbocycles. The summed E-state index contributed by atoms with van der Waals surface area (Å²) in [6.07, 6.45) is -0.656. The highest BCUT2D eigenvalue weighted by molar-refractivity contribution is 8.15. The van der Waals surface area contributed by atoms with E-state index in [1.54, 1.807) is 39.8 Å². The number of methoxy groups -OCH3 is 1. The van der Waals surface area contributed by atoms with E-state index in [4.69, 9.17) is 43.6 Å². The number of hydrogen-bond acceptors (Lipinski definition) is 19. The van der Waals surface area contributed by atoms with Gasteiger partial charge >= 0.3 is 18.0 Å². The standard InChI is InChI=1S/C49H60N8O8S5Si/c1-26(2)71(27(3)4,28(5)6)64-20-33(42-55-36(23-68-42)44-56-37(24-69-44)45-57-38(25-70-45)47(60)62-11)52-40(58)34-21-66-43(53-34)35-22-67-41(54-35)32-18-17-31(46(59)63-19-30-15-13-12-14-16-30)39(51-32)29(7)50-48(61)65-49(8,9)10/h12-18,22-24,26-29,33-34,38H,19-21,25H2,1-11H3,(H,50,61)(H,52,58)/t29-,33?,34+,38+/m1/s1. The van der Waals surface area contributed by atoms with Gasteiger partial charge in [0, 0.05) is 27.6 Å². The molecule has 5 aromatic rings. The summed E-state index contributed by atoms with van der Waals surface area (Å²) in [6, 6.07) is 10.1. The maximum Gasteiger partial charge on any atom is 0.408 e. The molecule has 0 spiro atoms. The number of aromatic nitrogens is 4. The van der Waals surface area contributed by atoms with Crippen molar-refractivity contribution < 1.29 is 37.8 Å². The Balaban J connectivity index is 1.10. The second kappa shape index (κ2) is 23.4. The molecule has 2 amide bonds. The zero-order chi connectivity index (χ0) is 51.2. The van der Waals surface area contributed by atoms with Gasteiger partial charge in [0.1, 0.15) is 66.5 Å². The lowest BCUT2D eigenvalue weighted by molar-refractivity contribution is -0.141. The minimum absolute atomic E-state index is 0.0633. The largest absolute Gasteiger partial charge is 0.467 e. The number of amides is 2. The fourth-order valence-corrected chi connectivity index (χ4v) is 18.6. The van der Waals surface area contributed by atoms with Gasteiger partial charge in [-0.25, -0.2) is 34.3 Å². The molecule has 0 radical (unpaired) electrons. The molecule has 16 nitrogen and oxygen atoms in total. The molecule has 71 heavy (non-hydrogen) atoms. The molecule has 6 heterocycles. The fraction of sp³-hybridized carbons (Fsp3) is 0.469. The Kier molecular flexibility index (Phi) is 17.7. The molecule has 2 N–H and O–H groups in total. The topological polar surface area (TPSA) is 206 Å². The molecule has 7 rings (SSSR count). The molecular weight excluding hydrogens is 1020 g/mol. The number of esters is 2. The first-order valence-electron chi connectivity index (χ1n) is 23.3. The van der Waals surface area contributed by atoms with Gasteiger partial charge in [-0.05, 0) is 62.0 Å². The van der Waals surface area contributed by atoms with E-state index in [2.05, 4.69) is 57.2 Å². The molecule has 0 saturated heterocycles. The fourth-order valence-electron chi connectivity index (χ4n) is 8.56. The predicted molar refractivity (Wildman–Crippen MR) is 287 cm³/mol. The number of rotatable bonds is 19. The molecule has 0 aliphatic carbocycles. The Morgan fingerprint density at radius 3 is 1.92 bits per heavy atom. The number of thioether (sulfide) groups is 2. The first-order valence-corrected chi connectivity index (χ1v) is 30.0. The normalized spacial score (nSPS) is 17.0. The second-order valence-electron chi connectivity index (χ2n) is 18.9. The summed E-state index contributed by atoms with van der Waals surface area (Å²) < 4.78 is 23.1. The Morgan fingerprint density at radius 1 is 0.718 bits per heavy atom. The maximum atomic E-state index is 14.3. The summed E-state index contributed by atoms with van der Waals surface area (Å²) in [5.41, 5.74) is 4.00. The summed E-state index contributed by atoms with van der Waals surface area (Å²) in [6.45, 7) is 20.7. The lowest BCUT2D eigenvalue weighted by Crippen LogP contribution is -2.50. The summed E-state index contributed by atoms with van der Waals surface area (Å²) in [5.74, 6) is -0.301. The van der Waals surface area contributed by atoms with E-state index in [-0.39, 0.29) is 36.3 Å². The number of pyridine rings is 1. The van der Waals surface area contributed by atoms with Gasteiger partial charge < -0.3 is 29.3 Å². The van der Waals surface area contributed by atoms with Gasteiger partial charge in [-0.15, -0.1) is 57.5 Å². The molecule has 2 aliphatic heterocycles. The maximum absolute atomic E-state index is 14.3. The monoisotopic (exact) mass is 1080 g/mol. The van der Waals surface area contributed by atoms with Crippen LogP contribution in [0.25, 0.3) is 21.4 Å². The molecule has 1 aromatic carbocycles. The van der Waals surface area contributed by atoms with Crippen molar-refractivity contribution in [3.05, 3.63) is 91.8 Å². The third kappa shape index (κ3) is 13.0. The van der Waals surface area contributed by atoms with E-state index >= 15 is 0 Å². The van der Waals surface area contributed by atoms with Crippen molar-refractivity contribution in [1.82, 2.24) is 30.6 Å². The molecule has 378 valence electrons. The highest BCUT2D eigenvalue weighted by atomic mass is 32.2. The van der Waals surface area contributed by atoms with Crippen LogP contribution >= 0.6 is 57.5 Å². The number of nitrogens with zero attached hydrogens (tertiary/aromatic N) is 6. The number of benzene rings is 1. The second-order valence-corrected chi connectivity index (χ2v) is 29.0. The molecular formula is C49H60N8O8S5Si. The van der Waals surface area contributed by atoms with Crippen LogP contribution in [0.5, 0.6) is 0 Å². The minimum Gasteiger partial charge on any atom is -0.467 e. The zero-order valence-corrected chi connectivity index (χ0v) is 46.7. The van der Waals surface area contributed by atoms with Gasteiger partial charge in [0.05, 0.1) is 36.7 Å². The van der Waals surface area contributed by atoms with E-state index in [0.717, 1.165) is 5.56 Å². The number of alkyl carbamates (subject to hydrolysis) is 1. The van der Waals surface area contributed by atoms with E-state index < -0.39 is 50.1 Å². The Labute approximate surface area is 436 Å². The molecule has 4 atom stereocenters. The smallest absolute Gasteiger partial charge is 0.408 e. The average molecular weight is 1080 g/mol. The quantitative estimate of drug-likeness (QED) is 0.0449. The number of nitrogens with one attached hydrogen (secondary N) is 2. The van der Waals surface area contributed by atoms with Crippen molar-refractivity contribution >= 4 is 99.9 Å². The van der Waals surface area contributed by atoms with Gasteiger partial charge in [0.2, 0.25) is 5.91 Å². The Bertz CT molecular complexity index is 2750. The molecule has 1 unspecified atom stereocenters. The molecule has 0 bridgehead atoms. The third-order valence-electron chi connectivity index (χ3n) is 11.8. The van der Waals surface area contributed by atoms with Crippen LogP contribution < -0.4 is 10.6 Å². The van der Waals surface area contributed by atoms with Gasteiger partial charge in [0.25, 0.3) is 0 Å². The molecule has 0 fully saturated rings. The van der Waals surface area contributed by atoms with Gasteiger partial charge in [0.15, 0.2) is 14.4 Å². The Morgan fingerprint density at radius 2 is 1.31 bits per heavy atom. The number of carbonyl (C=O) groups is 4. The van der Waals surface area contributed by atoms with Crippen LogP contribution in [0.2, 0.25) is 16.6 Å². The lowest BCUT2D eigenvalue weighted by atomic mass is 10.1. The highest BCUT2D eigenvalue weighted by Crippen LogP contribution is 2.43. The molecule has 4 aromatic heterocycles. The average Bonchev–Trinajstić information content (AvgIpc) is 4.19. The molecule has 22 heteroatoms. The van der Waals surface area contributed by atoms with Crippen LogP contribution in [-0.4, -0.2) is 105 Å². The van der Waals surface area contributed by atoms with Crippen LogP contribution in [-0.2, 0) is 34.8 Å². The van der Waals surface area contributed by atoms with Crippen LogP contribution in [0.4, 0.5) is 4.79 Å². The first-order chi connectivity index (χ1) is 33.8. The van der Waals surface area contributed by atoms with Gasteiger partial charge in [-0.1, -0.05) is 71.9 Å². The Hall–Kier alpha value is -4.84. The number of hydrogen-bond donors (Lipinski definition) is 2. The van der Waals surface area contributed by atoms with Gasteiger partial charge in [-0.2, -0.15) is 0 Å². The van der Waals surface area contributed by atoms with E-state index in [1.165, 1.54) is 64.6 Å². The summed E-state index contributed by atoms with van der Waals surface area (Å²) in [4.78, 5) is 81.8. The van der Waals surface area contributed by atoms with Crippen molar-refractivity contribution in [2.24, 2.45) is 9.98 Å². The minimum atomic E-state index is -2.35. The van der Waals surface area contributed by atoms with Crippen LogP contribution in [0.15, 0.2) is 68.6 Å².